The molecular weight excluding hydrogens is 342 g/mol. The Bertz CT molecular complexity index is 895. The molecule has 5 heteroatoms. The zero-order chi connectivity index (χ0) is 20.0. The van der Waals surface area contributed by atoms with Crippen LogP contribution in [0.2, 0.25) is 0 Å². The van der Waals surface area contributed by atoms with E-state index in [1.165, 1.54) is 6.08 Å². The Hall–Kier alpha value is -3.39. The molecule has 2 aromatic rings. The average molecular weight is 363 g/mol. The number of hydrogen-bond donors (Lipinski definition) is 1. The Kier molecular flexibility index (Phi) is 6.15. The molecule has 0 atom stereocenters. The van der Waals surface area contributed by atoms with Crippen LogP contribution >= 0.6 is 0 Å². The molecule has 0 heterocycles. The first kappa shape index (κ1) is 19.9. The highest BCUT2D eigenvalue weighted by molar-refractivity contribution is 6.14. The minimum atomic E-state index is -1.06. The fourth-order valence-electron chi connectivity index (χ4n) is 2.40. The maximum absolute atomic E-state index is 12.6. The summed E-state index contributed by atoms with van der Waals surface area (Å²) in [4.78, 5) is 23.1. The molecule has 0 saturated carbocycles. The van der Waals surface area contributed by atoms with Crippen LogP contribution in [0.4, 0.5) is 0 Å². The monoisotopic (exact) mass is 363 g/mol. The van der Waals surface area contributed by atoms with Crippen LogP contribution in [-0.2, 0) is 10.2 Å². The number of rotatable bonds is 6. The SMILES string of the molecule is CC(C)(C)c1ccc(C(=O)/C(C#N)=C/c2ccc(OCC(=O)O)cc2)cc1. The van der Waals surface area contributed by atoms with Gasteiger partial charge in [0.05, 0.1) is 0 Å². The number of carbonyl (C=O) groups excluding carboxylic acids is 1. The molecule has 1 N–H and O–H groups in total. The van der Waals surface area contributed by atoms with Gasteiger partial charge in [-0.1, -0.05) is 57.2 Å². The second-order valence-electron chi connectivity index (χ2n) is 7.08. The molecule has 0 aliphatic heterocycles. The van der Waals surface area contributed by atoms with Gasteiger partial charge in [-0.3, -0.25) is 4.79 Å². The minimum Gasteiger partial charge on any atom is -0.482 e. The molecular formula is C22H21NO4. The van der Waals surface area contributed by atoms with Crippen molar-refractivity contribution in [3.8, 4) is 11.8 Å². The molecule has 0 fully saturated rings. The van der Waals surface area contributed by atoms with E-state index >= 15 is 0 Å². The van der Waals surface area contributed by atoms with Gasteiger partial charge >= 0.3 is 5.97 Å². The molecule has 138 valence electrons. The van der Waals surface area contributed by atoms with Crippen molar-refractivity contribution in [2.45, 2.75) is 26.2 Å². The smallest absolute Gasteiger partial charge is 0.341 e. The van der Waals surface area contributed by atoms with Gasteiger partial charge < -0.3 is 9.84 Å². The molecule has 0 amide bonds. The fraction of sp³-hybridized carbons (Fsp3) is 0.227. The lowest BCUT2D eigenvalue weighted by Crippen LogP contribution is -2.11. The Labute approximate surface area is 158 Å². The van der Waals surface area contributed by atoms with Crippen LogP contribution in [0.1, 0.15) is 42.3 Å². The molecule has 0 aliphatic carbocycles. The van der Waals surface area contributed by atoms with E-state index in [0.717, 1.165) is 5.56 Å². The topological polar surface area (TPSA) is 87.4 Å². The summed E-state index contributed by atoms with van der Waals surface area (Å²) < 4.78 is 5.06. The van der Waals surface area contributed by atoms with Gasteiger partial charge in [0.2, 0.25) is 5.78 Å². The molecule has 0 aliphatic rings. The Morgan fingerprint density at radius 3 is 2.15 bits per heavy atom. The van der Waals surface area contributed by atoms with E-state index in [2.05, 4.69) is 20.8 Å². The largest absolute Gasteiger partial charge is 0.482 e. The van der Waals surface area contributed by atoms with E-state index in [9.17, 15) is 14.9 Å². The highest BCUT2D eigenvalue weighted by Crippen LogP contribution is 2.23. The molecule has 2 rings (SSSR count). The van der Waals surface area contributed by atoms with E-state index in [1.807, 2.05) is 18.2 Å². The average Bonchev–Trinajstić information content (AvgIpc) is 2.64. The van der Waals surface area contributed by atoms with Crippen LogP contribution in [0.3, 0.4) is 0 Å². The number of benzene rings is 2. The standard InChI is InChI=1S/C22H21NO4/c1-22(2,3)18-8-6-16(7-9-18)21(26)17(13-23)12-15-4-10-19(11-5-15)27-14-20(24)25/h4-12H,14H2,1-3H3,(H,24,25)/b17-12+. The van der Waals surface area contributed by atoms with Crippen LogP contribution in [0.15, 0.2) is 54.1 Å². The van der Waals surface area contributed by atoms with Crippen molar-refractivity contribution >= 4 is 17.8 Å². The molecule has 27 heavy (non-hydrogen) atoms. The lowest BCUT2D eigenvalue weighted by Gasteiger charge is -2.18. The number of nitrogens with zero attached hydrogens (tertiary/aromatic N) is 1. The van der Waals surface area contributed by atoms with Gasteiger partial charge in [0, 0.05) is 5.56 Å². The molecule has 5 nitrogen and oxygen atoms in total. The second-order valence-corrected chi connectivity index (χ2v) is 7.08. The summed E-state index contributed by atoms with van der Waals surface area (Å²) in [6.07, 6.45) is 1.50. The lowest BCUT2D eigenvalue weighted by atomic mass is 9.86. The summed E-state index contributed by atoms with van der Waals surface area (Å²) in [6.45, 7) is 5.85. The van der Waals surface area contributed by atoms with E-state index < -0.39 is 12.6 Å². The molecule has 0 unspecified atom stereocenters. The minimum absolute atomic E-state index is 0.0140. The van der Waals surface area contributed by atoms with Crippen molar-refractivity contribution in [2.75, 3.05) is 6.61 Å². The Morgan fingerprint density at radius 1 is 1.07 bits per heavy atom. The van der Waals surface area contributed by atoms with Crippen molar-refractivity contribution in [2.24, 2.45) is 0 Å². The number of carboxylic acid groups (broad SMARTS) is 1. The normalized spacial score (nSPS) is 11.6. The summed E-state index contributed by atoms with van der Waals surface area (Å²) in [5, 5.41) is 18.0. The zero-order valence-electron chi connectivity index (χ0n) is 15.5. The molecule has 0 radical (unpaired) electrons. The molecule has 0 bridgehead atoms. The predicted octanol–water partition coefficient (Wildman–Crippen LogP) is 4.24. The van der Waals surface area contributed by atoms with Gasteiger partial charge in [-0.05, 0) is 34.8 Å². The quantitative estimate of drug-likeness (QED) is 0.471. The van der Waals surface area contributed by atoms with Gasteiger partial charge in [-0.2, -0.15) is 5.26 Å². The highest BCUT2D eigenvalue weighted by Gasteiger charge is 2.16. The van der Waals surface area contributed by atoms with E-state index in [-0.39, 0.29) is 16.8 Å². The van der Waals surface area contributed by atoms with Gasteiger partial charge in [0.25, 0.3) is 0 Å². The summed E-state index contributed by atoms with van der Waals surface area (Å²) in [7, 11) is 0. The fourth-order valence-corrected chi connectivity index (χ4v) is 2.40. The second kappa shape index (κ2) is 8.33. The van der Waals surface area contributed by atoms with Crippen LogP contribution in [0.5, 0.6) is 5.75 Å². The molecule has 0 saturated heterocycles. The number of carbonyl (C=O) groups is 2. The summed E-state index contributed by atoms with van der Waals surface area (Å²) in [5.74, 6) is -1.00. The van der Waals surface area contributed by atoms with Crippen LogP contribution in [-0.4, -0.2) is 23.5 Å². The maximum atomic E-state index is 12.6. The first-order valence-corrected chi connectivity index (χ1v) is 8.42. The number of ether oxygens (including phenoxy) is 1. The lowest BCUT2D eigenvalue weighted by molar-refractivity contribution is -0.139. The van der Waals surface area contributed by atoms with Crippen molar-refractivity contribution in [3.63, 3.8) is 0 Å². The van der Waals surface area contributed by atoms with Crippen LogP contribution in [0, 0.1) is 11.3 Å². The van der Waals surface area contributed by atoms with Crippen molar-refractivity contribution < 1.29 is 19.4 Å². The number of Topliss-reactive ketones (excluding diaryl/α,β-unsaturated/α-hetero) is 1. The van der Waals surface area contributed by atoms with Crippen molar-refractivity contribution in [1.29, 1.82) is 5.26 Å². The van der Waals surface area contributed by atoms with Crippen LogP contribution < -0.4 is 4.74 Å². The number of ketones is 1. The van der Waals surface area contributed by atoms with Crippen molar-refractivity contribution in [3.05, 3.63) is 70.8 Å². The summed E-state index contributed by atoms with van der Waals surface area (Å²) in [6, 6.07) is 15.7. The van der Waals surface area contributed by atoms with Crippen LogP contribution in [0.25, 0.3) is 6.08 Å². The third-order valence-electron chi connectivity index (χ3n) is 3.93. The van der Waals surface area contributed by atoms with Gasteiger partial charge in [-0.25, -0.2) is 4.79 Å². The highest BCUT2D eigenvalue weighted by atomic mass is 16.5. The van der Waals surface area contributed by atoms with Gasteiger partial charge in [-0.15, -0.1) is 0 Å². The molecule has 0 aromatic heterocycles. The number of allylic oxidation sites excluding steroid dienone is 1. The predicted molar refractivity (Wildman–Crippen MR) is 103 cm³/mol. The Balaban J connectivity index is 2.19. The number of nitriles is 1. The van der Waals surface area contributed by atoms with Gasteiger partial charge in [0.15, 0.2) is 6.61 Å². The molecule has 2 aromatic carbocycles. The van der Waals surface area contributed by atoms with Gasteiger partial charge in [0.1, 0.15) is 17.4 Å². The van der Waals surface area contributed by atoms with E-state index in [1.54, 1.807) is 36.4 Å². The Morgan fingerprint density at radius 2 is 1.67 bits per heavy atom. The first-order valence-electron chi connectivity index (χ1n) is 8.42. The number of hydrogen-bond acceptors (Lipinski definition) is 4. The third-order valence-corrected chi connectivity index (χ3v) is 3.93. The van der Waals surface area contributed by atoms with Crippen molar-refractivity contribution in [1.82, 2.24) is 0 Å². The third kappa shape index (κ3) is 5.55. The number of carboxylic acids is 1. The zero-order valence-corrected chi connectivity index (χ0v) is 15.5. The van der Waals surface area contributed by atoms with E-state index in [0.29, 0.717) is 16.9 Å². The summed E-state index contributed by atoms with van der Waals surface area (Å²) in [5.41, 5.74) is 2.22. The van der Waals surface area contributed by atoms with E-state index in [4.69, 9.17) is 9.84 Å². The first-order chi connectivity index (χ1) is 12.7. The summed E-state index contributed by atoms with van der Waals surface area (Å²) >= 11 is 0. The number of aliphatic carboxylic acids is 1. The molecule has 0 spiro atoms. The maximum Gasteiger partial charge on any atom is 0.341 e.